The number of nitrogens with two attached hydrogens (primary N) is 2. The van der Waals surface area contributed by atoms with Crippen LogP contribution in [0.1, 0.15) is 47.0 Å². The second-order valence-corrected chi connectivity index (χ2v) is 7.16. The third kappa shape index (κ3) is 10.2. The first-order chi connectivity index (χ1) is 13.9. The predicted molar refractivity (Wildman–Crippen MR) is 109 cm³/mol. The van der Waals surface area contributed by atoms with Crippen LogP contribution in [0.15, 0.2) is 0 Å². The molecule has 30 heavy (non-hydrogen) atoms. The smallest absolute Gasteiger partial charge is 0.326 e. The normalized spacial score (nSPS) is 15.7. The summed E-state index contributed by atoms with van der Waals surface area (Å²) in [6.07, 6.45) is 1.39. The Labute approximate surface area is 175 Å². The van der Waals surface area contributed by atoms with E-state index in [4.69, 9.17) is 11.5 Å². The zero-order chi connectivity index (χ0) is 23.4. The summed E-state index contributed by atoms with van der Waals surface area (Å²) in [5.41, 5.74) is 10.8. The van der Waals surface area contributed by atoms with Crippen molar-refractivity contribution < 1.29 is 29.1 Å². The summed E-state index contributed by atoms with van der Waals surface area (Å²) < 4.78 is 0. The van der Waals surface area contributed by atoms with Gasteiger partial charge in [0, 0.05) is 0 Å². The Hall–Kier alpha value is -2.73. The van der Waals surface area contributed by atoms with E-state index in [-0.39, 0.29) is 6.42 Å². The quantitative estimate of drug-likeness (QED) is 0.156. The number of hydrogen-bond donors (Lipinski definition) is 7. The van der Waals surface area contributed by atoms with Gasteiger partial charge in [-0.1, -0.05) is 0 Å². The number of carbonyl (C=O) groups excluding carboxylic acids is 4. The van der Waals surface area contributed by atoms with E-state index in [1.54, 1.807) is 0 Å². The van der Waals surface area contributed by atoms with Crippen molar-refractivity contribution in [2.24, 2.45) is 11.5 Å². The molecule has 12 heteroatoms. The fourth-order valence-corrected chi connectivity index (χ4v) is 2.27. The Morgan fingerprint density at radius 3 is 1.50 bits per heavy atom. The van der Waals surface area contributed by atoms with E-state index in [2.05, 4.69) is 21.3 Å². The van der Waals surface area contributed by atoms with Gasteiger partial charge in [0.15, 0.2) is 0 Å². The Balaban J connectivity index is 4.64. The molecular formula is C18H34N6O6. The van der Waals surface area contributed by atoms with Gasteiger partial charge in [-0.25, -0.2) is 4.79 Å². The third-order valence-electron chi connectivity index (χ3n) is 4.23. The highest BCUT2D eigenvalue weighted by Gasteiger charge is 2.26. The number of carbonyl (C=O) groups is 5. The molecule has 0 unspecified atom stereocenters. The number of carboxylic acid groups (broad SMARTS) is 1. The monoisotopic (exact) mass is 430 g/mol. The van der Waals surface area contributed by atoms with Gasteiger partial charge in [0.1, 0.15) is 24.2 Å². The van der Waals surface area contributed by atoms with Crippen molar-refractivity contribution >= 4 is 29.6 Å². The van der Waals surface area contributed by atoms with Crippen molar-refractivity contribution in [1.29, 1.82) is 0 Å². The first kappa shape index (κ1) is 27.3. The van der Waals surface area contributed by atoms with Gasteiger partial charge in [-0.05, 0) is 53.5 Å². The van der Waals surface area contributed by atoms with Crippen LogP contribution in [0.3, 0.4) is 0 Å². The van der Waals surface area contributed by atoms with E-state index in [0.717, 1.165) is 0 Å². The van der Waals surface area contributed by atoms with E-state index < -0.39 is 59.8 Å². The lowest BCUT2D eigenvalue weighted by molar-refractivity contribution is -0.142. The van der Waals surface area contributed by atoms with Gasteiger partial charge in [-0.3, -0.25) is 19.2 Å². The minimum Gasteiger partial charge on any atom is -0.480 e. The molecular weight excluding hydrogens is 396 g/mol. The first-order valence-electron chi connectivity index (χ1n) is 9.80. The maximum absolute atomic E-state index is 12.2. The van der Waals surface area contributed by atoms with Crippen LogP contribution < -0.4 is 32.7 Å². The molecule has 12 nitrogen and oxygen atoms in total. The van der Waals surface area contributed by atoms with Crippen LogP contribution in [0.25, 0.3) is 0 Å². The molecule has 0 radical (unpaired) electrons. The highest BCUT2D eigenvalue weighted by molar-refractivity contribution is 5.94. The lowest BCUT2D eigenvalue weighted by atomic mass is 10.1. The Morgan fingerprint density at radius 1 is 0.733 bits per heavy atom. The van der Waals surface area contributed by atoms with Crippen molar-refractivity contribution in [1.82, 2.24) is 21.3 Å². The van der Waals surface area contributed by atoms with Gasteiger partial charge in [0.2, 0.25) is 23.6 Å². The molecule has 9 N–H and O–H groups in total. The molecule has 0 aromatic heterocycles. The van der Waals surface area contributed by atoms with Crippen molar-refractivity contribution in [3.05, 3.63) is 0 Å². The third-order valence-corrected chi connectivity index (χ3v) is 4.23. The average molecular weight is 431 g/mol. The maximum atomic E-state index is 12.2. The lowest BCUT2D eigenvalue weighted by Crippen LogP contribution is -2.56. The maximum Gasteiger partial charge on any atom is 0.326 e. The Bertz CT molecular complexity index is 626. The Morgan fingerprint density at radius 2 is 1.13 bits per heavy atom. The van der Waals surface area contributed by atoms with Crippen LogP contribution in [0.2, 0.25) is 0 Å². The SMILES string of the molecule is C[C@H](N)C(=O)N[C@@H](C)C(=O)N[C@@H](C)C(=O)N[C@@H](C)C(=O)N[C@@H](CCCCN)C(=O)O. The molecule has 0 saturated carbocycles. The zero-order valence-corrected chi connectivity index (χ0v) is 17.9. The van der Waals surface area contributed by atoms with Crippen molar-refractivity contribution in [2.45, 2.75) is 77.2 Å². The van der Waals surface area contributed by atoms with E-state index in [9.17, 15) is 29.1 Å². The highest BCUT2D eigenvalue weighted by atomic mass is 16.4. The highest BCUT2D eigenvalue weighted by Crippen LogP contribution is 2.01. The van der Waals surface area contributed by atoms with Crippen molar-refractivity contribution in [2.75, 3.05) is 6.54 Å². The molecule has 172 valence electrons. The van der Waals surface area contributed by atoms with E-state index >= 15 is 0 Å². The first-order valence-corrected chi connectivity index (χ1v) is 9.80. The fraction of sp³-hybridized carbons (Fsp3) is 0.722. The molecule has 0 heterocycles. The molecule has 0 aromatic rings. The molecule has 0 aromatic carbocycles. The number of unbranched alkanes of at least 4 members (excludes halogenated alkanes) is 1. The summed E-state index contributed by atoms with van der Waals surface area (Å²) in [6.45, 7) is 6.13. The molecule has 4 amide bonds. The summed E-state index contributed by atoms with van der Waals surface area (Å²) in [6, 6.07) is -4.81. The van der Waals surface area contributed by atoms with E-state index in [0.29, 0.717) is 19.4 Å². The summed E-state index contributed by atoms with van der Waals surface area (Å²) in [5.74, 6) is -3.61. The standard InChI is InChI=1S/C18H34N6O6/c1-9(20)14(25)21-10(2)15(26)22-11(3)16(27)23-12(4)17(28)24-13(18(29)30)7-5-6-8-19/h9-13H,5-8,19-20H2,1-4H3,(H,21,25)(H,22,26)(H,23,27)(H,24,28)(H,29,30)/t9-,10-,11-,12-,13-/m0/s1. The number of aliphatic carboxylic acids is 1. The van der Waals surface area contributed by atoms with Crippen molar-refractivity contribution in [3.8, 4) is 0 Å². The topological polar surface area (TPSA) is 206 Å². The van der Waals surface area contributed by atoms with Crippen LogP contribution in [0, 0.1) is 0 Å². The molecule has 0 aliphatic rings. The second kappa shape index (κ2) is 13.5. The molecule has 0 spiro atoms. The number of hydrogen-bond acceptors (Lipinski definition) is 7. The summed E-state index contributed by atoms with van der Waals surface area (Å²) in [5, 5.41) is 18.8. The Kier molecular flexibility index (Phi) is 12.3. The molecule has 0 bridgehead atoms. The number of amides is 4. The van der Waals surface area contributed by atoms with Crippen LogP contribution in [0.5, 0.6) is 0 Å². The van der Waals surface area contributed by atoms with Crippen molar-refractivity contribution in [3.63, 3.8) is 0 Å². The van der Waals surface area contributed by atoms with Gasteiger partial charge in [-0.15, -0.1) is 0 Å². The number of nitrogens with one attached hydrogen (secondary N) is 4. The molecule has 0 rings (SSSR count). The predicted octanol–water partition coefficient (Wildman–Crippen LogP) is -2.45. The van der Waals surface area contributed by atoms with E-state index in [1.807, 2.05) is 0 Å². The zero-order valence-electron chi connectivity index (χ0n) is 17.9. The van der Waals surface area contributed by atoms with Gasteiger partial charge >= 0.3 is 5.97 Å². The van der Waals surface area contributed by atoms with E-state index in [1.165, 1.54) is 27.7 Å². The van der Waals surface area contributed by atoms with Gasteiger partial charge in [0.05, 0.1) is 6.04 Å². The number of rotatable bonds is 13. The van der Waals surface area contributed by atoms with Gasteiger partial charge in [-0.2, -0.15) is 0 Å². The molecule has 0 aliphatic carbocycles. The summed E-state index contributed by atoms with van der Waals surface area (Å²) in [7, 11) is 0. The second-order valence-electron chi connectivity index (χ2n) is 7.16. The minimum atomic E-state index is -1.18. The molecule has 0 saturated heterocycles. The van der Waals surface area contributed by atoms with Gasteiger partial charge in [0.25, 0.3) is 0 Å². The largest absolute Gasteiger partial charge is 0.480 e. The molecule has 0 aliphatic heterocycles. The summed E-state index contributed by atoms with van der Waals surface area (Å²) >= 11 is 0. The summed E-state index contributed by atoms with van der Waals surface area (Å²) in [4.78, 5) is 59.3. The van der Waals surface area contributed by atoms with Gasteiger partial charge < -0.3 is 37.8 Å². The fourth-order valence-electron chi connectivity index (χ4n) is 2.27. The van der Waals surface area contributed by atoms with Crippen LogP contribution in [-0.2, 0) is 24.0 Å². The van der Waals surface area contributed by atoms with Crippen LogP contribution in [-0.4, -0.2) is 71.5 Å². The van der Waals surface area contributed by atoms with Crippen LogP contribution >= 0.6 is 0 Å². The lowest BCUT2D eigenvalue weighted by Gasteiger charge is -2.22. The minimum absolute atomic E-state index is 0.219. The average Bonchev–Trinajstić information content (AvgIpc) is 2.66. The molecule has 5 atom stereocenters. The molecule has 0 fully saturated rings. The number of carboxylic acids is 1. The van der Waals surface area contributed by atoms with Crippen LogP contribution in [0.4, 0.5) is 0 Å².